The maximum atomic E-state index is 12.3. The van der Waals surface area contributed by atoms with Crippen molar-refractivity contribution in [3.63, 3.8) is 0 Å². The van der Waals surface area contributed by atoms with Crippen LogP contribution in [0.25, 0.3) is 0 Å². The Balaban J connectivity index is 4.80. The van der Waals surface area contributed by atoms with Crippen LogP contribution in [0, 0.1) is 0 Å². The van der Waals surface area contributed by atoms with Crippen molar-refractivity contribution in [2.45, 2.75) is 6.04 Å². The second-order valence-electron chi connectivity index (χ2n) is 5.07. The van der Waals surface area contributed by atoms with Crippen LogP contribution in [0.1, 0.15) is 0 Å². The number of hydrogen-bond donors (Lipinski definition) is 3. The van der Waals surface area contributed by atoms with Crippen molar-refractivity contribution in [2.24, 2.45) is 0 Å². The Kier molecular flexibility index (Phi) is 8.81. The highest BCUT2D eigenvalue weighted by Gasteiger charge is 2.29. The van der Waals surface area contributed by atoms with E-state index in [2.05, 4.69) is 5.32 Å². The molecule has 0 fully saturated rings. The van der Waals surface area contributed by atoms with Gasteiger partial charge in [0.25, 0.3) is 0 Å². The van der Waals surface area contributed by atoms with Crippen molar-refractivity contribution >= 4 is 23.7 Å². The standard InChI is InChI=1S/C13H24N4O6/c1-14-5-10(19)17(4)9(8-18)13(23)16(3)6-11(20)15(2)7-12(21)22/h9,14,18H,5-8H2,1-4H3,(H,21,22)/t9-/m0/s1. The van der Waals surface area contributed by atoms with E-state index in [0.29, 0.717) is 0 Å². The topological polar surface area (TPSA) is 130 Å². The van der Waals surface area contributed by atoms with Crippen molar-refractivity contribution in [3.8, 4) is 0 Å². The molecule has 0 bridgehead atoms. The number of carboxylic acids is 1. The van der Waals surface area contributed by atoms with Gasteiger partial charge >= 0.3 is 5.97 Å². The minimum absolute atomic E-state index is 0.00424. The summed E-state index contributed by atoms with van der Waals surface area (Å²) in [5.74, 6) is -2.73. The number of amides is 3. The van der Waals surface area contributed by atoms with E-state index in [0.717, 1.165) is 14.7 Å². The number of carbonyl (C=O) groups excluding carboxylic acids is 3. The fourth-order valence-electron chi connectivity index (χ4n) is 1.76. The highest BCUT2D eigenvalue weighted by atomic mass is 16.4. The van der Waals surface area contributed by atoms with Gasteiger partial charge in [-0.05, 0) is 7.05 Å². The normalized spacial score (nSPS) is 11.5. The van der Waals surface area contributed by atoms with Crippen LogP contribution in [0.5, 0.6) is 0 Å². The molecule has 0 aliphatic carbocycles. The molecule has 0 heterocycles. The predicted octanol–water partition coefficient (Wildman–Crippen LogP) is -2.97. The molecule has 0 saturated heterocycles. The Morgan fingerprint density at radius 1 is 1.00 bits per heavy atom. The Bertz CT molecular complexity index is 456. The first-order chi connectivity index (χ1) is 10.6. The molecule has 0 aliphatic heterocycles. The fraction of sp³-hybridized carbons (Fsp3) is 0.692. The molecule has 1 atom stereocenters. The Morgan fingerprint density at radius 3 is 2.00 bits per heavy atom. The smallest absolute Gasteiger partial charge is 0.323 e. The summed E-state index contributed by atoms with van der Waals surface area (Å²) in [6, 6.07) is -1.11. The summed E-state index contributed by atoms with van der Waals surface area (Å²) in [5, 5.41) is 20.6. The van der Waals surface area contributed by atoms with Crippen molar-refractivity contribution in [2.75, 3.05) is 54.4 Å². The summed E-state index contributed by atoms with van der Waals surface area (Å²) in [6.07, 6.45) is 0. The number of hydrogen-bond acceptors (Lipinski definition) is 6. The molecule has 0 aliphatic rings. The number of aliphatic carboxylic acids is 1. The van der Waals surface area contributed by atoms with E-state index in [4.69, 9.17) is 5.11 Å². The molecular weight excluding hydrogens is 308 g/mol. The predicted molar refractivity (Wildman–Crippen MR) is 80.5 cm³/mol. The van der Waals surface area contributed by atoms with E-state index in [-0.39, 0.29) is 19.0 Å². The van der Waals surface area contributed by atoms with E-state index >= 15 is 0 Å². The van der Waals surface area contributed by atoms with Crippen LogP contribution < -0.4 is 5.32 Å². The molecule has 3 N–H and O–H groups in total. The summed E-state index contributed by atoms with van der Waals surface area (Å²) in [4.78, 5) is 49.5. The van der Waals surface area contributed by atoms with Gasteiger partial charge < -0.3 is 30.2 Å². The lowest BCUT2D eigenvalue weighted by atomic mass is 10.2. The number of likely N-dealkylation sites (N-methyl/N-ethyl adjacent to an activating group) is 4. The second-order valence-corrected chi connectivity index (χ2v) is 5.07. The largest absolute Gasteiger partial charge is 0.480 e. The first kappa shape index (κ1) is 20.8. The first-order valence-electron chi connectivity index (χ1n) is 6.87. The molecule has 0 aromatic rings. The van der Waals surface area contributed by atoms with Gasteiger partial charge in [0.05, 0.1) is 19.7 Å². The third-order valence-electron chi connectivity index (χ3n) is 3.19. The van der Waals surface area contributed by atoms with Gasteiger partial charge in [0.2, 0.25) is 17.7 Å². The molecular formula is C13H24N4O6. The maximum Gasteiger partial charge on any atom is 0.323 e. The van der Waals surface area contributed by atoms with Crippen molar-refractivity contribution in [1.29, 1.82) is 0 Å². The zero-order valence-electron chi connectivity index (χ0n) is 13.8. The number of aliphatic hydroxyl groups excluding tert-OH is 1. The van der Waals surface area contributed by atoms with Gasteiger partial charge in [0.15, 0.2) is 0 Å². The average Bonchev–Trinajstić information content (AvgIpc) is 2.46. The van der Waals surface area contributed by atoms with Crippen LogP contribution >= 0.6 is 0 Å². The van der Waals surface area contributed by atoms with E-state index in [1.165, 1.54) is 21.1 Å². The number of carbonyl (C=O) groups is 4. The molecule has 0 saturated carbocycles. The molecule has 132 valence electrons. The second kappa shape index (κ2) is 9.74. The van der Waals surface area contributed by atoms with Gasteiger partial charge in [0, 0.05) is 21.1 Å². The van der Waals surface area contributed by atoms with Gasteiger partial charge in [0.1, 0.15) is 12.6 Å². The molecule has 0 rings (SSSR count). The van der Waals surface area contributed by atoms with Crippen LogP contribution in [0.3, 0.4) is 0 Å². The number of nitrogens with one attached hydrogen (secondary N) is 1. The molecule has 10 heteroatoms. The number of carboxylic acid groups (broad SMARTS) is 1. The minimum atomic E-state index is -1.17. The summed E-state index contributed by atoms with van der Waals surface area (Å²) in [5.41, 5.74) is 0. The molecule has 10 nitrogen and oxygen atoms in total. The lowest BCUT2D eigenvalue weighted by Gasteiger charge is -2.30. The van der Waals surface area contributed by atoms with Crippen molar-refractivity contribution in [1.82, 2.24) is 20.0 Å². The fourth-order valence-corrected chi connectivity index (χ4v) is 1.76. The zero-order chi connectivity index (χ0) is 18.2. The highest BCUT2D eigenvalue weighted by Crippen LogP contribution is 2.02. The van der Waals surface area contributed by atoms with E-state index in [1.807, 2.05) is 0 Å². The Hall–Kier alpha value is -2.20. The quantitative estimate of drug-likeness (QED) is 0.411. The van der Waals surface area contributed by atoms with Crippen LogP contribution in [-0.2, 0) is 19.2 Å². The SMILES string of the molecule is CNCC(=O)N(C)[C@@H](CO)C(=O)N(C)CC(=O)N(C)CC(=O)O. The van der Waals surface area contributed by atoms with Gasteiger partial charge in [-0.2, -0.15) is 0 Å². The summed E-state index contributed by atoms with van der Waals surface area (Å²) in [6.45, 7) is -1.42. The lowest BCUT2D eigenvalue weighted by Crippen LogP contribution is -2.53. The number of rotatable bonds is 9. The average molecular weight is 332 g/mol. The molecule has 0 radical (unpaired) electrons. The zero-order valence-corrected chi connectivity index (χ0v) is 13.8. The monoisotopic (exact) mass is 332 g/mol. The van der Waals surface area contributed by atoms with Crippen LogP contribution in [0.2, 0.25) is 0 Å². The number of nitrogens with zero attached hydrogens (tertiary/aromatic N) is 3. The Labute approximate surface area is 134 Å². The van der Waals surface area contributed by atoms with Gasteiger partial charge in [-0.1, -0.05) is 0 Å². The van der Waals surface area contributed by atoms with Gasteiger partial charge in [-0.25, -0.2) is 0 Å². The maximum absolute atomic E-state index is 12.3. The van der Waals surface area contributed by atoms with Gasteiger partial charge in [-0.15, -0.1) is 0 Å². The molecule has 23 heavy (non-hydrogen) atoms. The van der Waals surface area contributed by atoms with Crippen LogP contribution in [0.15, 0.2) is 0 Å². The third kappa shape index (κ3) is 6.61. The molecule has 3 amide bonds. The van der Waals surface area contributed by atoms with Crippen molar-refractivity contribution in [3.05, 3.63) is 0 Å². The number of aliphatic hydroxyl groups is 1. The molecule has 0 unspecified atom stereocenters. The van der Waals surface area contributed by atoms with E-state index < -0.39 is 37.0 Å². The minimum Gasteiger partial charge on any atom is -0.480 e. The van der Waals surface area contributed by atoms with Gasteiger partial charge in [-0.3, -0.25) is 19.2 Å². The molecule has 0 aromatic heterocycles. The molecule has 0 spiro atoms. The van der Waals surface area contributed by atoms with E-state index in [9.17, 15) is 24.3 Å². The Morgan fingerprint density at radius 2 is 1.57 bits per heavy atom. The summed E-state index contributed by atoms with van der Waals surface area (Å²) < 4.78 is 0. The lowest BCUT2D eigenvalue weighted by molar-refractivity contribution is -0.148. The highest BCUT2D eigenvalue weighted by molar-refractivity contribution is 5.91. The van der Waals surface area contributed by atoms with E-state index in [1.54, 1.807) is 7.05 Å². The van der Waals surface area contributed by atoms with Crippen LogP contribution in [-0.4, -0.2) is 109 Å². The molecule has 0 aromatic carbocycles. The van der Waals surface area contributed by atoms with Crippen LogP contribution in [0.4, 0.5) is 0 Å². The summed E-state index contributed by atoms with van der Waals surface area (Å²) >= 11 is 0. The first-order valence-corrected chi connectivity index (χ1v) is 6.87. The third-order valence-corrected chi connectivity index (χ3v) is 3.19. The summed E-state index contributed by atoms with van der Waals surface area (Å²) in [7, 11) is 5.60. The van der Waals surface area contributed by atoms with Crippen molar-refractivity contribution < 1.29 is 29.4 Å².